The second-order valence-electron chi connectivity index (χ2n) is 7.15. The van der Waals surface area contributed by atoms with Crippen LogP contribution in [0.2, 0.25) is 5.02 Å². The van der Waals surface area contributed by atoms with Gasteiger partial charge >= 0.3 is 0 Å². The topological polar surface area (TPSA) is 100 Å². The van der Waals surface area contributed by atoms with E-state index in [0.29, 0.717) is 35.1 Å². The minimum absolute atomic E-state index is 0.163. The Morgan fingerprint density at radius 1 is 1.24 bits per heavy atom. The van der Waals surface area contributed by atoms with Crippen LogP contribution in [-0.4, -0.2) is 43.5 Å². The smallest absolute Gasteiger partial charge is 0.251 e. The van der Waals surface area contributed by atoms with Gasteiger partial charge < -0.3 is 20.1 Å². The standard InChI is InChI=1S/C21H21ClN4O3/c22-15-3-1-2-14(8-15)19(12-27)26-7-5-13(9-20(26)29)18-4-6-23-21(25-18)24-16-10-17(28)11-16/h1-9,16-17,19,27-28H,10-12H2,(H,23,24,25). The van der Waals surface area contributed by atoms with Crippen molar-refractivity contribution in [2.75, 3.05) is 11.9 Å². The number of hydrogen-bond donors (Lipinski definition) is 3. The van der Waals surface area contributed by atoms with Gasteiger partial charge in [-0.25, -0.2) is 9.97 Å². The molecule has 1 aliphatic rings. The highest BCUT2D eigenvalue weighted by molar-refractivity contribution is 6.30. The molecule has 4 rings (SSSR count). The van der Waals surface area contributed by atoms with E-state index in [4.69, 9.17) is 11.6 Å². The summed E-state index contributed by atoms with van der Waals surface area (Å²) in [4.78, 5) is 21.4. The van der Waals surface area contributed by atoms with E-state index < -0.39 is 6.04 Å². The van der Waals surface area contributed by atoms with E-state index in [0.717, 1.165) is 5.56 Å². The number of aromatic nitrogens is 3. The molecule has 3 N–H and O–H groups in total. The summed E-state index contributed by atoms with van der Waals surface area (Å²) < 4.78 is 1.48. The zero-order chi connectivity index (χ0) is 20.4. The maximum absolute atomic E-state index is 12.8. The molecule has 1 aromatic carbocycles. The van der Waals surface area contributed by atoms with Crippen molar-refractivity contribution in [3.63, 3.8) is 0 Å². The van der Waals surface area contributed by atoms with E-state index >= 15 is 0 Å². The number of nitrogens with zero attached hydrogens (tertiary/aromatic N) is 3. The molecule has 1 saturated carbocycles. The van der Waals surface area contributed by atoms with Crippen LogP contribution in [-0.2, 0) is 0 Å². The third kappa shape index (κ3) is 4.32. The molecule has 150 valence electrons. The summed E-state index contributed by atoms with van der Waals surface area (Å²) in [5.41, 5.74) is 1.78. The molecule has 2 aromatic heterocycles. The number of aliphatic hydroxyl groups is 2. The molecule has 0 bridgehead atoms. The van der Waals surface area contributed by atoms with Gasteiger partial charge in [-0.2, -0.15) is 0 Å². The molecule has 0 aliphatic heterocycles. The number of hydrogen-bond acceptors (Lipinski definition) is 6. The number of pyridine rings is 1. The lowest BCUT2D eigenvalue weighted by atomic mass is 9.90. The van der Waals surface area contributed by atoms with Crippen molar-refractivity contribution in [3.8, 4) is 11.3 Å². The Balaban J connectivity index is 1.59. The van der Waals surface area contributed by atoms with E-state index in [-0.39, 0.29) is 24.3 Å². The second-order valence-corrected chi connectivity index (χ2v) is 7.58. The molecule has 0 saturated heterocycles. The van der Waals surface area contributed by atoms with Crippen molar-refractivity contribution in [2.45, 2.75) is 31.0 Å². The fraction of sp³-hybridized carbons (Fsp3) is 0.286. The fourth-order valence-corrected chi connectivity index (χ4v) is 3.65. The lowest BCUT2D eigenvalue weighted by molar-refractivity contribution is 0.0834. The summed E-state index contributed by atoms with van der Waals surface area (Å²) >= 11 is 6.05. The van der Waals surface area contributed by atoms with Crippen LogP contribution < -0.4 is 10.9 Å². The van der Waals surface area contributed by atoms with Crippen molar-refractivity contribution >= 4 is 17.5 Å². The molecule has 1 aliphatic carbocycles. The van der Waals surface area contributed by atoms with Crippen LogP contribution in [0, 0.1) is 0 Å². The van der Waals surface area contributed by atoms with Crippen LogP contribution in [0.3, 0.4) is 0 Å². The minimum Gasteiger partial charge on any atom is -0.394 e. The predicted octanol–water partition coefficient (Wildman–Crippen LogP) is 2.48. The summed E-state index contributed by atoms with van der Waals surface area (Å²) in [5, 5.41) is 23.0. The molecule has 29 heavy (non-hydrogen) atoms. The molecule has 1 atom stereocenters. The zero-order valence-electron chi connectivity index (χ0n) is 15.6. The zero-order valence-corrected chi connectivity index (χ0v) is 16.3. The maximum Gasteiger partial charge on any atom is 0.251 e. The van der Waals surface area contributed by atoms with Gasteiger partial charge in [0.1, 0.15) is 0 Å². The Kier molecular flexibility index (Phi) is 5.62. The lowest BCUT2D eigenvalue weighted by Crippen LogP contribution is -2.39. The van der Waals surface area contributed by atoms with Crippen LogP contribution in [0.5, 0.6) is 0 Å². The predicted molar refractivity (Wildman–Crippen MR) is 111 cm³/mol. The molecular formula is C21H21ClN4O3. The average Bonchev–Trinajstić information content (AvgIpc) is 2.69. The third-order valence-electron chi connectivity index (χ3n) is 5.09. The fourth-order valence-electron chi connectivity index (χ4n) is 3.45. The summed E-state index contributed by atoms with van der Waals surface area (Å²) in [6, 6.07) is 11.8. The number of anilines is 1. The molecular weight excluding hydrogens is 392 g/mol. The molecule has 0 radical (unpaired) electrons. The van der Waals surface area contributed by atoms with E-state index in [9.17, 15) is 15.0 Å². The van der Waals surface area contributed by atoms with Gasteiger partial charge in [-0.1, -0.05) is 23.7 Å². The number of rotatable bonds is 6. The van der Waals surface area contributed by atoms with Gasteiger partial charge in [0.15, 0.2) is 0 Å². The second kappa shape index (κ2) is 8.32. The number of benzene rings is 1. The molecule has 2 heterocycles. The summed E-state index contributed by atoms with van der Waals surface area (Å²) in [7, 11) is 0. The lowest BCUT2D eigenvalue weighted by Gasteiger charge is -2.31. The number of nitrogens with one attached hydrogen (secondary N) is 1. The van der Waals surface area contributed by atoms with Gasteiger partial charge in [0, 0.05) is 35.1 Å². The summed E-state index contributed by atoms with van der Waals surface area (Å²) in [6.07, 6.45) is 4.37. The normalized spacial score (nSPS) is 19.4. The first-order valence-electron chi connectivity index (χ1n) is 9.40. The van der Waals surface area contributed by atoms with Crippen molar-refractivity contribution in [1.82, 2.24) is 14.5 Å². The van der Waals surface area contributed by atoms with Gasteiger partial charge in [0.05, 0.1) is 24.4 Å². The molecule has 7 nitrogen and oxygen atoms in total. The van der Waals surface area contributed by atoms with Gasteiger partial charge in [-0.05, 0) is 42.7 Å². The Hall–Kier alpha value is -2.74. The van der Waals surface area contributed by atoms with E-state index in [1.54, 1.807) is 42.7 Å². The first-order valence-corrected chi connectivity index (χ1v) is 9.78. The Morgan fingerprint density at radius 2 is 2.07 bits per heavy atom. The Morgan fingerprint density at radius 3 is 2.76 bits per heavy atom. The average molecular weight is 413 g/mol. The van der Waals surface area contributed by atoms with Gasteiger partial charge in [0.2, 0.25) is 5.95 Å². The minimum atomic E-state index is -0.525. The van der Waals surface area contributed by atoms with E-state index in [2.05, 4.69) is 15.3 Å². The first kappa shape index (κ1) is 19.6. The molecule has 8 heteroatoms. The van der Waals surface area contributed by atoms with Gasteiger partial charge in [-0.3, -0.25) is 4.79 Å². The molecule has 0 spiro atoms. The highest BCUT2D eigenvalue weighted by Crippen LogP contribution is 2.24. The number of aliphatic hydroxyl groups excluding tert-OH is 2. The molecule has 1 fully saturated rings. The van der Waals surface area contributed by atoms with Crippen molar-refractivity contribution < 1.29 is 10.2 Å². The third-order valence-corrected chi connectivity index (χ3v) is 5.32. The van der Waals surface area contributed by atoms with Crippen LogP contribution in [0.1, 0.15) is 24.4 Å². The van der Waals surface area contributed by atoms with Gasteiger partial charge in [0.25, 0.3) is 5.56 Å². The maximum atomic E-state index is 12.8. The van der Waals surface area contributed by atoms with Crippen molar-refractivity contribution in [3.05, 3.63) is 75.8 Å². The molecule has 3 aromatic rings. The Labute approximate surface area is 172 Å². The quantitative estimate of drug-likeness (QED) is 0.575. The molecule has 1 unspecified atom stereocenters. The van der Waals surface area contributed by atoms with Crippen LogP contribution in [0.15, 0.2) is 59.7 Å². The SMILES string of the molecule is O=c1cc(-c2ccnc(NC3CC(O)C3)n2)ccn1C(CO)c1cccc(Cl)c1. The Bertz CT molecular complexity index is 1070. The van der Waals surface area contributed by atoms with E-state index in [1.165, 1.54) is 10.6 Å². The largest absolute Gasteiger partial charge is 0.394 e. The van der Waals surface area contributed by atoms with Crippen LogP contribution in [0.4, 0.5) is 5.95 Å². The molecule has 0 amide bonds. The van der Waals surface area contributed by atoms with Gasteiger partial charge in [-0.15, -0.1) is 0 Å². The summed E-state index contributed by atoms with van der Waals surface area (Å²) in [5.74, 6) is 0.468. The van der Waals surface area contributed by atoms with Crippen LogP contribution >= 0.6 is 11.6 Å². The monoisotopic (exact) mass is 412 g/mol. The highest BCUT2D eigenvalue weighted by atomic mass is 35.5. The van der Waals surface area contributed by atoms with E-state index in [1.807, 2.05) is 6.07 Å². The number of halogens is 1. The summed E-state index contributed by atoms with van der Waals surface area (Å²) in [6.45, 7) is -0.228. The van der Waals surface area contributed by atoms with Crippen molar-refractivity contribution in [1.29, 1.82) is 0 Å². The van der Waals surface area contributed by atoms with Crippen LogP contribution in [0.25, 0.3) is 11.3 Å². The highest BCUT2D eigenvalue weighted by Gasteiger charge is 2.27. The van der Waals surface area contributed by atoms with Crippen molar-refractivity contribution in [2.24, 2.45) is 0 Å². The first-order chi connectivity index (χ1) is 14.0.